The molecule has 0 saturated carbocycles. The maximum atomic E-state index is 12.5. The van der Waals surface area contributed by atoms with Crippen molar-refractivity contribution in [1.82, 2.24) is 0 Å². The molecule has 2 aliphatic heterocycles. The van der Waals surface area contributed by atoms with Crippen molar-refractivity contribution in [2.75, 3.05) is 30.0 Å². The number of rotatable bonds is 6. The van der Waals surface area contributed by atoms with Gasteiger partial charge in [-0.2, -0.15) is 0 Å². The third-order valence-corrected chi connectivity index (χ3v) is 7.72. The van der Waals surface area contributed by atoms with E-state index >= 15 is 0 Å². The van der Waals surface area contributed by atoms with E-state index in [1.54, 1.807) is 12.1 Å². The SMILES string of the molecule is O=C(Nc1cccc(C2SCCS2)c1)c1ccc(OCC2CCCO2)cc1. The van der Waals surface area contributed by atoms with Crippen molar-refractivity contribution in [3.8, 4) is 5.75 Å². The predicted octanol–water partition coefficient (Wildman–Crippen LogP) is 4.98. The quantitative estimate of drug-likeness (QED) is 0.740. The first-order valence-electron chi connectivity index (χ1n) is 9.27. The Kier molecular flexibility index (Phi) is 6.27. The number of carbonyl (C=O) groups is 1. The number of nitrogens with one attached hydrogen (secondary N) is 1. The first-order valence-corrected chi connectivity index (χ1v) is 11.4. The molecule has 2 saturated heterocycles. The van der Waals surface area contributed by atoms with Gasteiger partial charge in [0.25, 0.3) is 5.91 Å². The summed E-state index contributed by atoms with van der Waals surface area (Å²) in [6.45, 7) is 1.39. The van der Waals surface area contributed by atoms with Gasteiger partial charge in [0.1, 0.15) is 12.4 Å². The van der Waals surface area contributed by atoms with Gasteiger partial charge in [0.05, 0.1) is 10.7 Å². The highest BCUT2D eigenvalue weighted by Crippen LogP contribution is 2.45. The summed E-state index contributed by atoms with van der Waals surface area (Å²) in [5.74, 6) is 3.03. The Labute approximate surface area is 168 Å². The molecule has 2 aromatic rings. The minimum Gasteiger partial charge on any atom is -0.491 e. The second-order valence-electron chi connectivity index (χ2n) is 6.62. The van der Waals surface area contributed by atoms with Crippen LogP contribution in [0, 0.1) is 0 Å². The molecular weight excluding hydrogens is 378 g/mol. The maximum absolute atomic E-state index is 12.5. The number of anilines is 1. The fourth-order valence-electron chi connectivity index (χ4n) is 3.18. The molecule has 142 valence electrons. The van der Waals surface area contributed by atoms with Crippen molar-refractivity contribution >= 4 is 35.1 Å². The molecule has 2 heterocycles. The Bertz CT molecular complexity index is 769. The molecule has 1 atom stereocenters. The summed E-state index contributed by atoms with van der Waals surface area (Å²) in [7, 11) is 0. The van der Waals surface area contributed by atoms with E-state index in [-0.39, 0.29) is 12.0 Å². The van der Waals surface area contributed by atoms with Gasteiger partial charge in [0, 0.05) is 29.4 Å². The van der Waals surface area contributed by atoms with Gasteiger partial charge in [-0.3, -0.25) is 4.79 Å². The average molecular weight is 402 g/mol. The molecule has 0 radical (unpaired) electrons. The van der Waals surface area contributed by atoms with E-state index in [1.165, 1.54) is 17.1 Å². The number of carbonyl (C=O) groups excluding carboxylic acids is 1. The second kappa shape index (κ2) is 9.04. The van der Waals surface area contributed by atoms with Crippen LogP contribution in [-0.2, 0) is 4.74 Å². The zero-order chi connectivity index (χ0) is 18.5. The number of ether oxygens (including phenoxy) is 2. The second-order valence-corrected chi connectivity index (χ2v) is 9.35. The highest BCUT2D eigenvalue weighted by atomic mass is 32.2. The fraction of sp³-hybridized carbons (Fsp3) is 0.381. The van der Waals surface area contributed by atoms with Crippen LogP contribution in [0.15, 0.2) is 48.5 Å². The molecule has 0 spiro atoms. The maximum Gasteiger partial charge on any atom is 0.255 e. The molecule has 1 unspecified atom stereocenters. The molecular formula is C21H23NO3S2. The first-order chi connectivity index (χ1) is 13.3. The first kappa shape index (κ1) is 18.7. The van der Waals surface area contributed by atoms with Crippen molar-refractivity contribution in [2.45, 2.75) is 23.5 Å². The lowest BCUT2D eigenvalue weighted by Gasteiger charge is -2.12. The molecule has 0 bridgehead atoms. The van der Waals surface area contributed by atoms with Crippen molar-refractivity contribution < 1.29 is 14.3 Å². The standard InChI is InChI=1S/C21H23NO3S2/c23-20(22-17-4-1-3-16(13-17)21-26-11-12-27-21)15-6-8-18(9-7-15)25-14-19-5-2-10-24-19/h1,3-4,6-9,13,19,21H,2,5,10-12,14H2,(H,22,23). The minimum absolute atomic E-state index is 0.107. The van der Waals surface area contributed by atoms with Crippen LogP contribution >= 0.6 is 23.5 Å². The number of amides is 1. The van der Waals surface area contributed by atoms with Crippen LogP contribution in [0.25, 0.3) is 0 Å². The van der Waals surface area contributed by atoms with E-state index < -0.39 is 0 Å². The van der Waals surface area contributed by atoms with Crippen LogP contribution in [0.1, 0.15) is 33.3 Å². The van der Waals surface area contributed by atoms with E-state index in [0.29, 0.717) is 16.8 Å². The monoisotopic (exact) mass is 401 g/mol. The van der Waals surface area contributed by atoms with E-state index in [0.717, 1.165) is 30.9 Å². The molecule has 1 amide bonds. The molecule has 2 aliphatic rings. The van der Waals surface area contributed by atoms with Crippen molar-refractivity contribution in [3.05, 3.63) is 59.7 Å². The third-order valence-electron chi connectivity index (χ3n) is 4.61. The highest BCUT2D eigenvalue weighted by molar-refractivity contribution is 8.19. The van der Waals surface area contributed by atoms with Crippen molar-refractivity contribution in [3.63, 3.8) is 0 Å². The number of benzene rings is 2. The fourth-order valence-corrected chi connectivity index (χ4v) is 6.02. The summed E-state index contributed by atoms with van der Waals surface area (Å²) in [5.41, 5.74) is 2.72. The summed E-state index contributed by atoms with van der Waals surface area (Å²) in [6, 6.07) is 15.4. The Morgan fingerprint density at radius 3 is 2.70 bits per heavy atom. The molecule has 0 aliphatic carbocycles. The van der Waals surface area contributed by atoms with E-state index in [2.05, 4.69) is 17.4 Å². The Hall–Kier alpha value is -1.63. The van der Waals surface area contributed by atoms with Gasteiger partial charge in [0.2, 0.25) is 0 Å². The van der Waals surface area contributed by atoms with Crippen molar-refractivity contribution in [1.29, 1.82) is 0 Å². The Morgan fingerprint density at radius 1 is 1.15 bits per heavy atom. The molecule has 2 aromatic carbocycles. The minimum atomic E-state index is -0.107. The molecule has 27 heavy (non-hydrogen) atoms. The van der Waals surface area contributed by atoms with E-state index in [9.17, 15) is 4.79 Å². The van der Waals surface area contributed by atoms with Crippen LogP contribution in [0.2, 0.25) is 0 Å². The highest BCUT2D eigenvalue weighted by Gasteiger charge is 2.19. The predicted molar refractivity (Wildman–Crippen MR) is 113 cm³/mol. The van der Waals surface area contributed by atoms with Crippen LogP contribution in [0.5, 0.6) is 5.75 Å². The average Bonchev–Trinajstić information content (AvgIpc) is 3.41. The van der Waals surface area contributed by atoms with Crippen LogP contribution in [0.3, 0.4) is 0 Å². The summed E-state index contributed by atoms with van der Waals surface area (Å²) >= 11 is 3.92. The molecule has 2 fully saturated rings. The molecule has 6 heteroatoms. The Morgan fingerprint density at radius 2 is 1.96 bits per heavy atom. The van der Waals surface area contributed by atoms with Gasteiger partial charge in [-0.25, -0.2) is 0 Å². The summed E-state index contributed by atoms with van der Waals surface area (Å²) in [4.78, 5) is 12.5. The van der Waals surface area contributed by atoms with E-state index in [4.69, 9.17) is 9.47 Å². The van der Waals surface area contributed by atoms with Gasteiger partial charge in [-0.1, -0.05) is 12.1 Å². The van der Waals surface area contributed by atoms with Crippen LogP contribution < -0.4 is 10.1 Å². The number of hydrogen-bond donors (Lipinski definition) is 1. The Balaban J connectivity index is 1.34. The molecule has 0 aromatic heterocycles. The molecule has 4 rings (SSSR count). The van der Waals surface area contributed by atoms with E-state index in [1.807, 2.05) is 47.8 Å². The summed E-state index contributed by atoms with van der Waals surface area (Å²) in [5, 5.41) is 3.00. The molecule has 1 N–H and O–H groups in total. The van der Waals surface area contributed by atoms with Gasteiger partial charge < -0.3 is 14.8 Å². The summed E-state index contributed by atoms with van der Waals surface area (Å²) < 4.78 is 11.8. The van der Waals surface area contributed by atoms with Crippen LogP contribution in [-0.4, -0.2) is 36.7 Å². The lowest BCUT2D eigenvalue weighted by atomic mass is 10.2. The zero-order valence-electron chi connectivity index (χ0n) is 15.1. The van der Waals surface area contributed by atoms with Crippen LogP contribution in [0.4, 0.5) is 5.69 Å². The molecule has 4 nitrogen and oxygen atoms in total. The van der Waals surface area contributed by atoms with Gasteiger partial charge in [-0.15, -0.1) is 23.5 Å². The number of hydrogen-bond acceptors (Lipinski definition) is 5. The lowest BCUT2D eigenvalue weighted by molar-refractivity contribution is 0.0679. The smallest absolute Gasteiger partial charge is 0.255 e. The topological polar surface area (TPSA) is 47.6 Å². The van der Waals surface area contributed by atoms with Gasteiger partial charge in [0.15, 0.2) is 0 Å². The largest absolute Gasteiger partial charge is 0.491 e. The van der Waals surface area contributed by atoms with Crippen molar-refractivity contribution in [2.24, 2.45) is 0 Å². The normalized spacial score (nSPS) is 19.9. The number of thioether (sulfide) groups is 2. The summed E-state index contributed by atoms with van der Waals surface area (Å²) in [6.07, 6.45) is 2.35. The zero-order valence-corrected chi connectivity index (χ0v) is 16.7. The van der Waals surface area contributed by atoms with Gasteiger partial charge in [-0.05, 0) is 54.8 Å². The lowest BCUT2D eigenvalue weighted by Crippen LogP contribution is -2.16. The third kappa shape index (κ3) is 5.00. The van der Waals surface area contributed by atoms with Gasteiger partial charge >= 0.3 is 0 Å².